The molecule has 5 nitrogen and oxygen atoms in total. The molecule has 1 saturated carbocycles. The molecule has 0 saturated heterocycles. The fourth-order valence-electron chi connectivity index (χ4n) is 4.90. The highest BCUT2D eigenvalue weighted by Gasteiger charge is 2.47. The van der Waals surface area contributed by atoms with Gasteiger partial charge < -0.3 is 14.0 Å². The minimum absolute atomic E-state index is 0.203. The van der Waals surface area contributed by atoms with Gasteiger partial charge in [-0.05, 0) is 49.2 Å². The van der Waals surface area contributed by atoms with Crippen molar-refractivity contribution in [1.82, 2.24) is 9.55 Å². The summed E-state index contributed by atoms with van der Waals surface area (Å²) in [6.07, 6.45) is 1.61. The predicted octanol–water partition coefficient (Wildman–Crippen LogP) is 7.28. The van der Waals surface area contributed by atoms with Gasteiger partial charge in [-0.25, -0.2) is 8.78 Å². The minimum Gasteiger partial charge on any atom is -0.465 e. The van der Waals surface area contributed by atoms with Gasteiger partial charge in [0.05, 0.1) is 24.1 Å². The lowest BCUT2D eigenvalue weighted by Crippen LogP contribution is -2.37. The Labute approximate surface area is 212 Å². The van der Waals surface area contributed by atoms with E-state index in [0.717, 1.165) is 37.9 Å². The van der Waals surface area contributed by atoms with E-state index in [4.69, 9.17) is 9.47 Å². The topological polar surface area (TPSA) is 53.4 Å². The lowest BCUT2D eigenvalue weighted by atomic mass is 9.84. The van der Waals surface area contributed by atoms with Gasteiger partial charge in [0.15, 0.2) is 0 Å². The summed E-state index contributed by atoms with van der Waals surface area (Å²) in [6.45, 7) is 7.66. The van der Waals surface area contributed by atoms with E-state index in [9.17, 15) is 13.6 Å². The number of benzene rings is 1. The summed E-state index contributed by atoms with van der Waals surface area (Å²) in [4.78, 5) is 16.1. The van der Waals surface area contributed by atoms with E-state index in [-0.39, 0.29) is 43.0 Å². The quantitative estimate of drug-likeness (QED) is 0.277. The molecule has 188 valence electrons. The second-order valence-corrected chi connectivity index (χ2v) is 11.1. The number of hydrogen-bond donors (Lipinski definition) is 0. The van der Waals surface area contributed by atoms with Gasteiger partial charge in [-0.1, -0.05) is 29.8 Å². The van der Waals surface area contributed by atoms with E-state index < -0.39 is 5.92 Å². The average Bonchev–Trinajstić information content (AvgIpc) is 3.07. The van der Waals surface area contributed by atoms with Crippen LogP contribution in [0.1, 0.15) is 63.9 Å². The third kappa shape index (κ3) is 5.28. The first-order valence-electron chi connectivity index (χ1n) is 11.7. The zero-order chi connectivity index (χ0) is 25.5. The Morgan fingerprint density at radius 3 is 2.66 bits per heavy atom. The second-order valence-electron chi connectivity index (χ2n) is 10.2. The number of halogens is 3. The van der Waals surface area contributed by atoms with Crippen molar-refractivity contribution in [2.75, 3.05) is 13.7 Å². The summed E-state index contributed by atoms with van der Waals surface area (Å²) in [5.74, 6) is -3.00. The fourth-order valence-corrected chi connectivity index (χ4v) is 5.26. The zero-order valence-corrected chi connectivity index (χ0v) is 22.3. The smallest absolute Gasteiger partial charge is 0.302 e. The Hall–Kier alpha value is -2.32. The molecule has 0 unspecified atom stereocenters. The number of carbonyl (C=O) groups excluding carboxylic acids is 1. The largest absolute Gasteiger partial charge is 0.465 e. The Morgan fingerprint density at radius 1 is 1.31 bits per heavy atom. The van der Waals surface area contributed by atoms with Gasteiger partial charge in [0, 0.05) is 65.5 Å². The van der Waals surface area contributed by atoms with Gasteiger partial charge in [0.25, 0.3) is 5.92 Å². The maximum Gasteiger partial charge on any atom is 0.302 e. The van der Waals surface area contributed by atoms with Crippen LogP contribution in [-0.2, 0) is 20.7 Å². The number of methoxy groups -OCH3 is 1. The first-order chi connectivity index (χ1) is 16.4. The molecule has 0 amide bonds. The highest BCUT2D eigenvalue weighted by Crippen LogP contribution is 2.51. The SMILES string of the molecule is CO[C@@H](C)c1ncccc1-c1c(CC(C)(C)COC(C)=O)c2cc(Br)ccc2n1C1CC(F)(F)C1. The summed E-state index contributed by atoms with van der Waals surface area (Å²) in [7, 11) is 1.63. The van der Waals surface area contributed by atoms with Crippen LogP contribution in [0.5, 0.6) is 0 Å². The number of ether oxygens (including phenoxy) is 2. The van der Waals surface area contributed by atoms with Crippen molar-refractivity contribution in [1.29, 1.82) is 0 Å². The van der Waals surface area contributed by atoms with Crippen LogP contribution in [0, 0.1) is 5.41 Å². The van der Waals surface area contributed by atoms with Gasteiger partial charge in [0.1, 0.15) is 0 Å². The van der Waals surface area contributed by atoms with Crippen molar-refractivity contribution in [2.24, 2.45) is 5.41 Å². The van der Waals surface area contributed by atoms with Gasteiger partial charge in [0.2, 0.25) is 0 Å². The van der Waals surface area contributed by atoms with Crippen LogP contribution in [0.15, 0.2) is 41.0 Å². The van der Waals surface area contributed by atoms with Gasteiger partial charge >= 0.3 is 5.97 Å². The van der Waals surface area contributed by atoms with Crippen molar-refractivity contribution in [2.45, 2.75) is 65.0 Å². The summed E-state index contributed by atoms with van der Waals surface area (Å²) in [5, 5.41) is 0.986. The molecule has 8 heteroatoms. The van der Waals surface area contributed by atoms with Crippen LogP contribution >= 0.6 is 15.9 Å². The van der Waals surface area contributed by atoms with Gasteiger partial charge in [-0.3, -0.25) is 9.78 Å². The molecular weight excluding hydrogens is 518 g/mol. The molecule has 1 fully saturated rings. The third-order valence-corrected chi connectivity index (χ3v) is 7.15. The number of esters is 1. The molecular formula is C27H31BrF2N2O3. The van der Waals surface area contributed by atoms with E-state index in [1.807, 2.05) is 51.1 Å². The molecule has 1 atom stereocenters. The van der Waals surface area contributed by atoms with Crippen molar-refractivity contribution < 1.29 is 23.0 Å². The molecule has 1 aromatic carbocycles. The van der Waals surface area contributed by atoms with E-state index in [0.29, 0.717) is 6.42 Å². The van der Waals surface area contributed by atoms with Gasteiger partial charge in [-0.15, -0.1) is 0 Å². The lowest BCUT2D eigenvalue weighted by Gasteiger charge is -2.38. The average molecular weight is 549 g/mol. The molecule has 0 N–H and O–H groups in total. The van der Waals surface area contributed by atoms with Gasteiger partial charge in [-0.2, -0.15) is 0 Å². The lowest BCUT2D eigenvalue weighted by molar-refractivity contribution is -0.143. The third-order valence-electron chi connectivity index (χ3n) is 6.66. The first-order valence-corrected chi connectivity index (χ1v) is 12.5. The Balaban J connectivity index is 1.99. The predicted molar refractivity (Wildman–Crippen MR) is 136 cm³/mol. The molecule has 1 aliphatic carbocycles. The summed E-state index contributed by atoms with van der Waals surface area (Å²) < 4.78 is 42.1. The molecule has 0 spiro atoms. The molecule has 35 heavy (non-hydrogen) atoms. The molecule has 1 aliphatic rings. The highest BCUT2D eigenvalue weighted by molar-refractivity contribution is 9.10. The monoisotopic (exact) mass is 548 g/mol. The fraction of sp³-hybridized carbons (Fsp3) is 0.481. The molecule has 4 rings (SSSR count). The van der Waals surface area contributed by atoms with Crippen molar-refractivity contribution >= 4 is 32.8 Å². The summed E-state index contributed by atoms with van der Waals surface area (Å²) >= 11 is 3.59. The zero-order valence-electron chi connectivity index (χ0n) is 20.7. The maximum absolute atomic E-state index is 14.1. The number of nitrogens with zero attached hydrogens (tertiary/aromatic N) is 2. The normalized spacial score (nSPS) is 16.8. The standard InChI is InChI=1S/C27H31BrF2N2O3/c1-16(34-5)24-20(7-6-10-31-24)25-22(14-26(3,4)15-35-17(2)33)21-11-18(28)8-9-23(21)32(25)19-12-27(29,30)13-19/h6-11,16,19H,12-15H2,1-5H3/t16-/m0/s1. The first kappa shape index (κ1) is 25.8. The van der Waals surface area contributed by atoms with Crippen LogP contribution in [0.25, 0.3) is 22.2 Å². The number of fused-ring (bicyclic) bond motifs is 1. The highest BCUT2D eigenvalue weighted by atomic mass is 79.9. The van der Waals surface area contributed by atoms with Crippen molar-refractivity contribution in [3.8, 4) is 11.3 Å². The Bertz CT molecular complexity index is 1250. The van der Waals surface area contributed by atoms with E-state index in [2.05, 4.69) is 25.5 Å². The van der Waals surface area contributed by atoms with Crippen LogP contribution in [0.2, 0.25) is 0 Å². The number of alkyl halides is 2. The van der Waals surface area contributed by atoms with Crippen molar-refractivity contribution in [3.63, 3.8) is 0 Å². The van der Waals surface area contributed by atoms with E-state index in [1.165, 1.54) is 6.92 Å². The number of aromatic nitrogens is 2. The molecule has 0 radical (unpaired) electrons. The van der Waals surface area contributed by atoms with Crippen LogP contribution in [-0.4, -0.2) is 35.2 Å². The number of carbonyl (C=O) groups is 1. The Kier molecular flexibility index (Phi) is 7.08. The number of pyridine rings is 1. The molecule has 0 aliphatic heterocycles. The van der Waals surface area contributed by atoms with E-state index in [1.54, 1.807) is 13.3 Å². The molecule has 2 heterocycles. The Morgan fingerprint density at radius 2 is 2.03 bits per heavy atom. The molecule has 2 aromatic heterocycles. The summed E-state index contributed by atoms with van der Waals surface area (Å²) in [5.41, 5.74) is 4.03. The molecule has 3 aromatic rings. The van der Waals surface area contributed by atoms with Crippen molar-refractivity contribution in [3.05, 3.63) is 52.3 Å². The second kappa shape index (κ2) is 9.62. The summed E-state index contributed by atoms with van der Waals surface area (Å²) in [6, 6.07) is 9.48. The van der Waals surface area contributed by atoms with Crippen LogP contribution in [0.4, 0.5) is 8.78 Å². The van der Waals surface area contributed by atoms with E-state index >= 15 is 0 Å². The number of rotatable bonds is 8. The minimum atomic E-state index is -2.67. The van der Waals surface area contributed by atoms with Crippen LogP contribution < -0.4 is 0 Å². The number of hydrogen-bond acceptors (Lipinski definition) is 4. The molecule has 0 bridgehead atoms. The van der Waals surface area contributed by atoms with Crippen LogP contribution in [0.3, 0.4) is 0 Å². The maximum atomic E-state index is 14.1.